The lowest BCUT2D eigenvalue weighted by atomic mass is 9.88. The number of nitrogens with zero attached hydrogens (tertiary/aromatic N) is 3. The van der Waals surface area contributed by atoms with E-state index < -0.39 is 0 Å². The minimum absolute atomic E-state index is 0. The Morgan fingerprint density at radius 3 is 2.41 bits per heavy atom. The Hall–Kier alpha value is -0.160. The summed E-state index contributed by atoms with van der Waals surface area (Å²) in [6, 6.07) is 0. The molecule has 0 bridgehead atoms. The van der Waals surface area contributed by atoms with Crippen molar-refractivity contribution in [3.05, 3.63) is 0 Å². The number of aliphatic imine (C=N–C) groups is 1. The van der Waals surface area contributed by atoms with Gasteiger partial charge in [0, 0.05) is 65.8 Å². The van der Waals surface area contributed by atoms with E-state index in [1.807, 2.05) is 7.05 Å². The Balaban J connectivity index is 0.00000300. The van der Waals surface area contributed by atoms with E-state index >= 15 is 0 Å². The van der Waals surface area contributed by atoms with Gasteiger partial charge >= 0.3 is 0 Å². The summed E-state index contributed by atoms with van der Waals surface area (Å²) in [5.74, 6) is 1.04. The fourth-order valence-electron chi connectivity index (χ4n) is 4.81. The van der Waals surface area contributed by atoms with E-state index in [-0.39, 0.29) is 29.5 Å². The molecule has 3 aliphatic rings. The molecule has 170 valence electrons. The molecule has 3 heterocycles. The molecule has 0 saturated carbocycles. The third kappa shape index (κ3) is 7.19. The van der Waals surface area contributed by atoms with Gasteiger partial charge in [-0.05, 0) is 58.0 Å². The van der Waals surface area contributed by atoms with Crippen LogP contribution in [0.25, 0.3) is 0 Å². The second-order valence-electron chi connectivity index (χ2n) is 8.34. The van der Waals surface area contributed by atoms with Crippen LogP contribution in [0.1, 0.15) is 44.9 Å². The second-order valence-corrected chi connectivity index (χ2v) is 8.34. The van der Waals surface area contributed by atoms with Gasteiger partial charge in [0.25, 0.3) is 0 Å². The molecule has 0 amide bonds. The van der Waals surface area contributed by atoms with Crippen LogP contribution in [0.4, 0.5) is 0 Å². The Labute approximate surface area is 193 Å². The van der Waals surface area contributed by atoms with Gasteiger partial charge in [0.1, 0.15) is 0 Å². The Bertz CT molecular complexity index is 475. The summed E-state index contributed by atoms with van der Waals surface area (Å²) in [5, 5.41) is 3.72. The number of hydrogen-bond donors (Lipinski definition) is 1. The van der Waals surface area contributed by atoms with Crippen molar-refractivity contribution in [3.8, 4) is 0 Å². The van der Waals surface area contributed by atoms with E-state index in [1.165, 1.54) is 25.9 Å². The van der Waals surface area contributed by atoms with Crippen LogP contribution >= 0.6 is 24.0 Å². The molecule has 0 aliphatic carbocycles. The molecule has 0 aromatic carbocycles. The summed E-state index contributed by atoms with van der Waals surface area (Å²) in [6.45, 7) is 8.77. The first kappa shape index (κ1) is 25.1. The topological polar surface area (TPSA) is 58.6 Å². The van der Waals surface area contributed by atoms with Crippen LogP contribution in [0.5, 0.6) is 0 Å². The van der Waals surface area contributed by atoms with Gasteiger partial charge in [0.2, 0.25) is 0 Å². The fourth-order valence-corrected chi connectivity index (χ4v) is 4.81. The van der Waals surface area contributed by atoms with Crippen LogP contribution in [-0.4, -0.2) is 101 Å². The summed E-state index contributed by atoms with van der Waals surface area (Å²) in [7, 11) is 3.65. The highest BCUT2D eigenvalue weighted by Crippen LogP contribution is 2.30. The van der Waals surface area contributed by atoms with Crippen LogP contribution in [0.15, 0.2) is 4.99 Å². The number of rotatable bonds is 8. The third-order valence-electron chi connectivity index (χ3n) is 6.58. The van der Waals surface area contributed by atoms with Crippen LogP contribution in [0.2, 0.25) is 0 Å². The summed E-state index contributed by atoms with van der Waals surface area (Å²) in [6.07, 6.45) is 8.38. The van der Waals surface area contributed by atoms with Gasteiger partial charge in [-0.1, -0.05) is 0 Å². The minimum Gasteiger partial charge on any atom is -0.385 e. The Morgan fingerprint density at radius 1 is 1.10 bits per heavy atom. The van der Waals surface area contributed by atoms with E-state index in [2.05, 4.69) is 20.1 Å². The number of guanidine groups is 1. The SMILES string of the molecule is CN=C(NCC1(N2CCCC2)CCOCC1)N1CCC(OCCCOC)CC1.I. The molecule has 0 aromatic heterocycles. The first-order valence-corrected chi connectivity index (χ1v) is 11.2. The number of hydrogen-bond acceptors (Lipinski definition) is 5. The highest BCUT2D eigenvalue weighted by Gasteiger charge is 2.40. The molecule has 3 fully saturated rings. The molecule has 3 saturated heterocycles. The average Bonchev–Trinajstić information content (AvgIpc) is 3.29. The van der Waals surface area contributed by atoms with Crippen molar-refractivity contribution in [1.29, 1.82) is 0 Å². The minimum atomic E-state index is 0. The van der Waals surface area contributed by atoms with Gasteiger partial charge in [-0.25, -0.2) is 0 Å². The molecule has 0 radical (unpaired) electrons. The lowest BCUT2D eigenvalue weighted by Gasteiger charge is -2.45. The van der Waals surface area contributed by atoms with Crippen molar-refractivity contribution in [2.45, 2.75) is 56.6 Å². The van der Waals surface area contributed by atoms with E-state index in [0.29, 0.717) is 6.10 Å². The van der Waals surface area contributed by atoms with Crippen molar-refractivity contribution < 1.29 is 14.2 Å². The Kier molecular flexibility index (Phi) is 11.5. The van der Waals surface area contributed by atoms with Gasteiger partial charge in [0.05, 0.1) is 6.10 Å². The normalized spacial score (nSPS) is 23.8. The molecular weight excluding hydrogens is 483 g/mol. The van der Waals surface area contributed by atoms with Crippen LogP contribution in [0, 0.1) is 0 Å². The Morgan fingerprint density at radius 2 is 1.79 bits per heavy atom. The summed E-state index contributed by atoms with van der Waals surface area (Å²) >= 11 is 0. The molecule has 0 atom stereocenters. The molecule has 0 unspecified atom stereocenters. The number of ether oxygens (including phenoxy) is 3. The van der Waals surface area contributed by atoms with Gasteiger partial charge in [-0.3, -0.25) is 9.89 Å². The van der Waals surface area contributed by atoms with Crippen LogP contribution < -0.4 is 5.32 Å². The molecule has 29 heavy (non-hydrogen) atoms. The molecule has 3 rings (SSSR count). The molecule has 0 aromatic rings. The summed E-state index contributed by atoms with van der Waals surface area (Å²) in [4.78, 5) is 9.69. The predicted octanol–water partition coefficient (Wildman–Crippen LogP) is 2.34. The highest BCUT2D eigenvalue weighted by molar-refractivity contribution is 14.0. The van der Waals surface area contributed by atoms with E-state index in [4.69, 9.17) is 14.2 Å². The maximum atomic E-state index is 6.00. The third-order valence-corrected chi connectivity index (χ3v) is 6.58. The lowest BCUT2D eigenvalue weighted by molar-refractivity contribution is -0.0171. The zero-order chi connectivity index (χ0) is 19.7. The molecule has 0 spiro atoms. The number of halogens is 1. The van der Waals surface area contributed by atoms with Crippen molar-refractivity contribution in [2.24, 2.45) is 4.99 Å². The molecule has 1 N–H and O–H groups in total. The number of methoxy groups -OCH3 is 1. The van der Waals surface area contributed by atoms with Gasteiger partial charge in [-0.2, -0.15) is 0 Å². The first-order chi connectivity index (χ1) is 13.8. The van der Waals surface area contributed by atoms with Gasteiger partial charge in [0.15, 0.2) is 5.96 Å². The second kappa shape index (κ2) is 13.3. The highest BCUT2D eigenvalue weighted by atomic mass is 127. The molecule has 8 heteroatoms. The van der Waals surface area contributed by atoms with Crippen molar-refractivity contribution in [1.82, 2.24) is 15.1 Å². The zero-order valence-corrected chi connectivity index (χ0v) is 20.7. The van der Waals surface area contributed by atoms with Gasteiger partial charge < -0.3 is 24.4 Å². The fraction of sp³-hybridized carbons (Fsp3) is 0.952. The van der Waals surface area contributed by atoms with Crippen LogP contribution in [0.3, 0.4) is 0 Å². The van der Waals surface area contributed by atoms with Gasteiger partial charge in [-0.15, -0.1) is 24.0 Å². The zero-order valence-electron chi connectivity index (χ0n) is 18.4. The molecule has 7 nitrogen and oxygen atoms in total. The van der Waals surface area contributed by atoms with E-state index in [1.54, 1.807) is 7.11 Å². The molecular formula is C21H41IN4O3. The van der Waals surface area contributed by atoms with Crippen molar-refractivity contribution in [3.63, 3.8) is 0 Å². The quantitative estimate of drug-likeness (QED) is 0.228. The summed E-state index contributed by atoms with van der Waals surface area (Å²) in [5.41, 5.74) is 0.230. The largest absolute Gasteiger partial charge is 0.385 e. The maximum Gasteiger partial charge on any atom is 0.193 e. The summed E-state index contributed by atoms with van der Waals surface area (Å²) < 4.78 is 16.8. The first-order valence-electron chi connectivity index (χ1n) is 11.2. The maximum absolute atomic E-state index is 6.00. The average molecular weight is 524 g/mol. The van der Waals surface area contributed by atoms with Crippen molar-refractivity contribution in [2.75, 3.05) is 73.3 Å². The monoisotopic (exact) mass is 524 g/mol. The number of likely N-dealkylation sites (tertiary alicyclic amines) is 2. The van der Waals surface area contributed by atoms with E-state index in [9.17, 15) is 0 Å². The number of piperidine rings is 1. The smallest absolute Gasteiger partial charge is 0.193 e. The lowest BCUT2D eigenvalue weighted by Crippen LogP contribution is -2.59. The molecule has 3 aliphatic heterocycles. The van der Waals surface area contributed by atoms with E-state index in [0.717, 1.165) is 84.1 Å². The van der Waals surface area contributed by atoms with Crippen LogP contribution in [-0.2, 0) is 14.2 Å². The standard InChI is InChI=1S/C21H40N4O3.HI/c1-22-20(24-12-6-19(7-13-24)28-15-5-14-26-2)23-18-21(8-16-27-17-9-21)25-10-3-4-11-25;/h19H,3-18H2,1-2H3,(H,22,23);1H. The predicted molar refractivity (Wildman–Crippen MR) is 127 cm³/mol. The number of nitrogens with one attached hydrogen (secondary N) is 1. The van der Waals surface area contributed by atoms with Crippen molar-refractivity contribution >= 4 is 29.9 Å².